The van der Waals surface area contributed by atoms with E-state index >= 15 is 0 Å². The second-order valence-electron chi connectivity index (χ2n) is 4.61. The monoisotopic (exact) mass is 275 g/mol. The molecular weight excluding hydrogens is 254 g/mol. The quantitative estimate of drug-likeness (QED) is 0.760. The van der Waals surface area contributed by atoms with E-state index in [9.17, 15) is 0 Å². The van der Waals surface area contributed by atoms with Gasteiger partial charge in [0, 0.05) is 37.7 Å². The van der Waals surface area contributed by atoms with Crippen molar-refractivity contribution in [1.82, 2.24) is 15.3 Å². The maximum atomic E-state index is 5.26. The normalized spacial score (nSPS) is 10.8. The fraction of sp³-hybridized carbons (Fsp3) is 0.400. The first-order valence-electron chi connectivity index (χ1n) is 6.63. The molecule has 5 nitrogen and oxygen atoms in total. The fourth-order valence-corrected chi connectivity index (χ4v) is 2.02. The summed E-state index contributed by atoms with van der Waals surface area (Å²) in [5, 5.41) is 3.28. The van der Waals surface area contributed by atoms with Crippen molar-refractivity contribution in [3.8, 4) is 17.1 Å². The molecule has 0 atom stereocenters. The Labute approximate surface area is 119 Å². The van der Waals surface area contributed by atoms with Gasteiger partial charge in [0.25, 0.3) is 0 Å². The van der Waals surface area contributed by atoms with Crippen LogP contribution in [0.5, 0.6) is 5.75 Å². The Balaban J connectivity index is 2.03. The molecular formula is C15H21N3O2. The molecule has 1 heterocycles. The molecule has 0 saturated heterocycles. The summed E-state index contributed by atoms with van der Waals surface area (Å²) in [7, 11) is 3.38. The fourth-order valence-electron chi connectivity index (χ4n) is 2.02. The van der Waals surface area contributed by atoms with Crippen LogP contribution in [0, 0.1) is 6.92 Å². The van der Waals surface area contributed by atoms with Crippen molar-refractivity contribution in [3.63, 3.8) is 0 Å². The Kier molecular flexibility index (Phi) is 5.15. The van der Waals surface area contributed by atoms with E-state index in [1.807, 2.05) is 25.3 Å². The largest absolute Gasteiger partial charge is 0.496 e. The smallest absolute Gasteiger partial charge is 0.137 e. The van der Waals surface area contributed by atoms with Crippen molar-refractivity contribution < 1.29 is 9.47 Å². The average molecular weight is 275 g/mol. The maximum Gasteiger partial charge on any atom is 0.137 e. The average Bonchev–Trinajstić information content (AvgIpc) is 2.92. The Bertz CT molecular complexity index is 552. The van der Waals surface area contributed by atoms with Crippen molar-refractivity contribution in [2.45, 2.75) is 13.5 Å². The van der Waals surface area contributed by atoms with E-state index in [-0.39, 0.29) is 0 Å². The van der Waals surface area contributed by atoms with Gasteiger partial charge in [-0.2, -0.15) is 0 Å². The third-order valence-electron chi connectivity index (χ3n) is 3.10. The first kappa shape index (κ1) is 14.6. The molecule has 0 bridgehead atoms. The number of ether oxygens (including phenoxy) is 2. The predicted molar refractivity (Wildman–Crippen MR) is 78.9 cm³/mol. The standard InChI is InChI=1S/C15H21N3O2/c1-11-8-12(4-5-14(11)20-3)15-17-10-13(18-15)9-16-6-7-19-2/h4-5,8,10,16H,6-7,9H2,1-3H3,(H,17,18). The predicted octanol–water partition coefficient (Wildman–Crippen LogP) is 2.13. The Hall–Kier alpha value is -1.85. The van der Waals surface area contributed by atoms with Gasteiger partial charge in [-0.3, -0.25) is 0 Å². The van der Waals surface area contributed by atoms with Crippen LogP contribution in [-0.2, 0) is 11.3 Å². The number of hydrogen-bond donors (Lipinski definition) is 2. The molecule has 0 saturated carbocycles. The van der Waals surface area contributed by atoms with E-state index < -0.39 is 0 Å². The third-order valence-corrected chi connectivity index (χ3v) is 3.10. The zero-order valence-electron chi connectivity index (χ0n) is 12.2. The van der Waals surface area contributed by atoms with Gasteiger partial charge in [-0.15, -0.1) is 0 Å². The van der Waals surface area contributed by atoms with Crippen molar-refractivity contribution in [3.05, 3.63) is 35.7 Å². The minimum absolute atomic E-state index is 0.707. The van der Waals surface area contributed by atoms with E-state index in [0.717, 1.165) is 41.5 Å². The van der Waals surface area contributed by atoms with Crippen LogP contribution in [0.25, 0.3) is 11.4 Å². The van der Waals surface area contributed by atoms with Gasteiger partial charge in [0.1, 0.15) is 11.6 Å². The summed E-state index contributed by atoms with van der Waals surface area (Å²) in [6.07, 6.45) is 1.86. The molecule has 1 aromatic carbocycles. The van der Waals surface area contributed by atoms with Gasteiger partial charge >= 0.3 is 0 Å². The summed E-state index contributed by atoms with van der Waals surface area (Å²) in [6.45, 7) is 4.31. The maximum absolute atomic E-state index is 5.26. The van der Waals surface area contributed by atoms with Crippen LogP contribution in [0.4, 0.5) is 0 Å². The van der Waals surface area contributed by atoms with Crippen molar-refractivity contribution in [1.29, 1.82) is 0 Å². The number of H-pyrrole nitrogens is 1. The molecule has 20 heavy (non-hydrogen) atoms. The number of hydrogen-bond acceptors (Lipinski definition) is 4. The van der Waals surface area contributed by atoms with Gasteiger partial charge < -0.3 is 19.8 Å². The summed E-state index contributed by atoms with van der Waals surface area (Å²) in [5.74, 6) is 1.76. The zero-order valence-corrected chi connectivity index (χ0v) is 12.2. The van der Waals surface area contributed by atoms with Crippen molar-refractivity contribution in [2.75, 3.05) is 27.4 Å². The highest BCUT2D eigenvalue weighted by Crippen LogP contribution is 2.24. The van der Waals surface area contributed by atoms with Crippen LogP contribution in [0.15, 0.2) is 24.4 Å². The highest BCUT2D eigenvalue weighted by atomic mass is 16.5. The highest BCUT2D eigenvalue weighted by Gasteiger charge is 2.06. The summed E-state index contributed by atoms with van der Waals surface area (Å²) >= 11 is 0. The SMILES string of the molecule is COCCNCc1cnc(-c2ccc(OC)c(C)c2)[nH]1. The topological polar surface area (TPSA) is 59.2 Å². The van der Waals surface area contributed by atoms with Crippen LogP contribution in [0.1, 0.15) is 11.3 Å². The first-order chi connectivity index (χ1) is 9.74. The molecule has 0 aliphatic carbocycles. The Morgan fingerprint density at radius 3 is 2.85 bits per heavy atom. The second-order valence-corrected chi connectivity index (χ2v) is 4.61. The minimum Gasteiger partial charge on any atom is -0.496 e. The van der Waals surface area contributed by atoms with Gasteiger partial charge in [0.2, 0.25) is 0 Å². The van der Waals surface area contributed by atoms with Gasteiger partial charge in [-0.25, -0.2) is 4.98 Å². The third kappa shape index (κ3) is 3.59. The van der Waals surface area contributed by atoms with Crippen LogP contribution < -0.4 is 10.1 Å². The van der Waals surface area contributed by atoms with E-state index in [1.165, 1.54) is 0 Å². The highest BCUT2D eigenvalue weighted by molar-refractivity contribution is 5.58. The van der Waals surface area contributed by atoms with Crippen LogP contribution in [0.3, 0.4) is 0 Å². The summed E-state index contributed by atoms with van der Waals surface area (Å²) in [6, 6.07) is 6.04. The van der Waals surface area contributed by atoms with Gasteiger partial charge in [0.15, 0.2) is 0 Å². The molecule has 108 valence electrons. The van der Waals surface area contributed by atoms with E-state index in [4.69, 9.17) is 9.47 Å². The number of aromatic nitrogens is 2. The molecule has 0 radical (unpaired) electrons. The number of methoxy groups -OCH3 is 2. The molecule has 5 heteroatoms. The molecule has 0 spiro atoms. The molecule has 0 amide bonds. The lowest BCUT2D eigenvalue weighted by atomic mass is 10.1. The summed E-state index contributed by atoms with van der Waals surface area (Å²) < 4.78 is 10.3. The number of imidazole rings is 1. The molecule has 2 N–H and O–H groups in total. The summed E-state index contributed by atoms with van der Waals surface area (Å²) in [4.78, 5) is 7.73. The molecule has 2 aromatic rings. The second kappa shape index (κ2) is 7.07. The molecule has 0 unspecified atom stereocenters. The molecule has 0 aliphatic rings. The molecule has 0 aliphatic heterocycles. The lowest BCUT2D eigenvalue weighted by molar-refractivity contribution is 0.199. The van der Waals surface area contributed by atoms with Crippen LogP contribution in [-0.4, -0.2) is 37.3 Å². The lowest BCUT2D eigenvalue weighted by Gasteiger charge is -2.05. The number of nitrogens with one attached hydrogen (secondary N) is 2. The van der Waals surface area contributed by atoms with Gasteiger partial charge in [-0.1, -0.05) is 0 Å². The zero-order chi connectivity index (χ0) is 14.4. The van der Waals surface area contributed by atoms with E-state index in [0.29, 0.717) is 6.61 Å². The number of nitrogens with zero attached hydrogens (tertiary/aromatic N) is 1. The number of aromatic amines is 1. The Morgan fingerprint density at radius 2 is 2.15 bits per heavy atom. The number of benzene rings is 1. The van der Waals surface area contributed by atoms with Crippen LogP contribution >= 0.6 is 0 Å². The minimum atomic E-state index is 0.707. The first-order valence-corrected chi connectivity index (χ1v) is 6.63. The molecule has 1 aromatic heterocycles. The lowest BCUT2D eigenvalue weighted by Crippen LogP contribution is -2.18. The number of rotatable bonds is 7. The summed E-state index contributed by atoms with van der Waals surface area (Å²) in [5.41, 5.74) is 3.22. The van der Waals surface area contributed by atoms with Crippen LogP contribution in [0.2, 0.25) is 0 Å². The number of aryl methyl sites for hydroxylation is 1. The van der Waals surface area contributed by atoms with Crippen molar-refractivity contribution >= 4 is 0 Å². The van der Waals surface area contributed by atoms with Crippen molar-refractivity contribution in [2.24, 2.45) is 0 Å². The van der Waals surface area contributed by atoms with E-state index in [2.05, 4.69) is 21.4 Å². The van der Waals surface area contributed by atoms with E-state index in [1.54, 1.807) is 14.2 Å². The Morgan fingerprint density at radius 1 is 1.30 bits per heavy atom. The molecule has 2 rings (SSSR count). The van der Waals surface area contributed by atoms with Gasteiger partial charge in [0.05, 0.1) is 13.7 Å². The van der Waals surface area contributed by atoms with Gasteiger partial charge in [-0.05, 0) is 30.7 Å². The molecule has 0 fully saturated rings.